The van der Waals surface area contributed by atoms with Gasteiger partial charge in [-0.15, -0.1) is 0 Å². The van der Waals surface area contributed by atoms with E-state index in [1.165, 1.54) is 4.31 Å². The highest BCUT2D eigenvalue weighted by atomic mass is 32.2. The van der Waals surface area contributed by atoms with E-state index in [0.717, 1.165) is 11.4 Å². The number of hydrogen-bond acceptors (Lipinski definition) is 5. The van der Waals surface area contributed by atoms with Crippen molar-refractivity contribution < 1.29 is 13.5 Å². The maximum absolute atomic E-state index is 13.4. The highest BCUT2D eigenvalue weighted by Crippen LogP contribution is 2.22. The normalized spacial score (nSPS) is 14.5. The van der Waals surface area contributed by atoms with Crippen LogP contribution in [-0.4, -0.2) is 53.0 Å². The van der Waals surface area contributed by atoms with Crippen molar-refractivity contribution in [2.24, 2.45) is 11.7 Å². The predicted molar refractivity (Wildman–Crippen MR) is 119 cm³/mol. The zero-order valence-corrected chi connectivity index (χ0v) is 18.4. The number of aryl methyl sites for hydroxylation is 1. The molecule has 0 unspecified atom stereocenters. The molecule has 0 radical (unpaired) electrons. The summed E-state index contributed by atoms with van der Waals surface area (Å²) in [5.41, 5.74) is 8.59. The number of nitrogens with zero attached hydrogens (tertiary/aromatic N) is 2. The van der Waals surface area contributed by atoms with Crippen LogP contribution in [0.3, 0.4) is 0 Å². The third-order valence-electron chi connectivity index (χ3n) is 4.98. The molecule has 2 atom stereocenters. The average Bonchev–Trinajstić information content (AvgIpc) is 3.07. The SMILES string of the molecule is Cc1nc2ccc(S(=O)(=O)N(CC(C)C)C[C@@H](O)[C@@H](N)Cc3ccccc3)cc2[nH]1. The van der Waals surface area contributed by atoms with Crippen molar-refractivity contribution in [1.29, 1.82) is 0 Å². The van der Waals surface area contributed by atoms with Crippen LogP contribution in [0.4, 0.5) is 0 Å². The second-order valence-electron chi connectivity index (χ2n) is 8.14. The average molecular weight is 431 g/mol. The van der Waals surface area contributed by atoms with Gasteiger partial charge >= 0.3 is 0 Å². The smallest absolute Gasteiger partial charge is 0.243 e. The van der Waals surface area contributed by atoms with Crippen molar-refractivity contribution in [3.63, 3.8) is 0 Å². The van der Waals surface area contributed by atoms with Crippen molar-refractivity contribution in [1.82, 2.24) is 14.3 Å². The monoisotopic (exact) mass is 430 g/mol. The zero-order valence-electron chi connectivity index (χ0n) is 17.6. The zero-order chi connectivity index (χ0) is 21.9. The number of aromatic nitrogens is 2. The highest BCUT2D eigenvalue weighted by Gasteiger charge is 2.29. The Kier molecular flexibility index (Phi) is 6.92. The molecule has 0 saturated carbocycles. The van der Waals surface area contributed by atoms with Gasteiger partial charge in [0.05, 0.1) is 22.0 Å². The Hall–Kier alpha value is -2.26. The minimum Gasteiger partial charge on any atom is -0.390 e. The molecule has 0 saturated heterocycles. The van der Waals surface area contributed by atoms with Gasteiger partial charge in [-0.3, -0.25) is 0 Å². The summed E-state index contributed by atoms with van der Waals surface area (Å²) < 4.78 is 28.1. The van der Waals surface area contributed by atoms with Gasteiger partial charge in [0, 0.05) is 19.1 Å². The van der Waals surface area contributed by atoms with E-state index >= 15 is 0 Å². The summed E-state index contributed by atoms with van der Waals surface area (Å²) in [7, 11) is -3.81. The lowest BCUT2D eigenvalue weighted by atomic mass is 10.0. The molecule has 4 N–H and O–H groups in total. The van der Waals surface area contributed by atoms with Crippen LogP contribution in [0.2, 0.25) is 0 Å². The van der Waals surface area contributed by atoms with Crippen molar-refractivity contribution in [2.75, 3.05) is 13.1 Å². The number of nitrogens with one attached hydrogen (secondary N) is 1. The number of nitrogens with two attached hydrogens (primary N) is 1. The molecule has 0 aliphatic heterocycles. The van der Waals surface area contributed by atoms with Gasteiger partial charge in [-0.2, -0.15) is 4.31 Å². The number of benzene rings is 2. The largest absolute Gasteiger partial charge is 0.390 e. The van der Waals surface area contributed by atoms with Gasteiger partial charge in [-0.1, -0.05) is 44.2 Å². The number of H-pyrrole nitrogens is 1. The van der Waals surface area contributed by atoms with Crippen LogP contribution >= 0.6 is 0 Å². The molecule has 0 amide bonds. The van der Waals surface area contributed by atoms with Crippen molar-refractivity contribution >= 4 is 21.1 Å². The molecule has 1 heterocycles. The van der Waals surface area contributed by atoms with E-state index in [1.54, 1.807) is 18.2 Å². The fraction of sp³-hybridized carbons (Fsp3) is 0.409. The van der Waals surface area contributed by atoms with E-state index in [9.17, 15) is 13.5 Å². The Morgan fingerprint density at radius 2 is 1.83 bits per heavy atom. The fourth-order valence-electron chi connectivity index (χ4n) is 3.47. The lowest BCUT2D eigenvalue weighted by Crippen LogP contribution is -2.47. The molecule has 1 aromatic heterocycles. The van der Waals surface area contributed by atoms with Gasteiger partial charge in [0.2, 0.25) is 10.0 Å². The third-order valence-corrected chi connectivity index (χ3v) is 6.81. The highest BCUT2D eigenvalue weighted by molar-refractivity contribution is 7.89. The maximum Gasteiger partial charge on any atom is 0.243 e. The molecule has 0 aliphatic carbocycles. The van der Waals surface area contributed by atoms with Gasteiger partial charge in [0.25, 0.3) is 0 Å². The molecule has 0 spiro atoms. The molecule has 162 valence electrons. The lowest BCUT2D eigenvalue weighted by Gasteiger charge is -2.28. The Balaban J connectivity index is 1.82. The quantitative estimate of drug-likeness (QED) is 0.483. The van der Waals surface area contributed by atoms with Gasteiger partial charge in [-0.05, 0) is 43.0 Å². The van der Waals surface area contributed by atoms with Crippen molar-refractivity contribution in [3.05, 3.63) is 59.9 Å². The number of hydrogen-bond donors (Lipinski definition) is 3. The van der Waals surface area contributed by atoms with Gasteiger partial charge in [0.15, 0.2) is 0 Å². The number of rotatable bonds is 9. The molecular weight excluding hydrogens is 400 g/mol. The Labute approximate surface area is 178 Å². The minimum absolute atomic E-state index is 0.0610. The maximum atomic E-state index is 13.4. The van der Waals surface area contributed by atoms with E-state index in [2.05, 4.69) is 9.97 Å². The van der Waals surface area contributed by atoms with Crippen LogP contribution in [-0.2, 0) is 16.4 Å². The van der Waals surface area contributed by atoms with Gasteiger partial charge < -0.3 is 15.8 Å². The molecular formula is C22H30N4O3S. The molecule has 2 aromatic carbocycles. The van der Waals surface area contributed by atoms with Crippen LogP contribution in [0.1, 0.15) is 25.2 Å². The van der Waals surface area contributed by atoms with Crippen LogP contribution in [0.5, 0.6) is 0 Å². The molecule has 8 heteroatoms. The molecule has 30 heavy (non-hydrogen) atoms. The fourth-order valence-corrected chi connectivity index (χ4v) is 5.12. The summed E-state index contributed by atoms with van der Waals surface area (Å²) in [6, 6.07) is 13.9. The summed E-state index contributed by atoms with van der Waals surface area (Å²) >= 11 is 0. The number of aliphatic hydroxyl groups excluding tert-OH is 1. The van der Waals surface area contributed by atoms with Crippen molar-refractivity contribution in [2.45, 2.75) is 44.2 Å². The van der Waals surface area contributed by atoms with E-state index < -0.39 is 22.2 Å². The Bertz CT molecular complexity index is 1080. The number of aliphatic hydroxyl groups is 1. The van der Waals surface area contributed by atoms with Crippen LogP contribution in [0.15, 0.2) is 53.4 Å². The first kappa shape index (κ1) is 22.4. The predicted octanol–water partition coefficient (Wildman–Crippen LogP) is 2.45. The minimum atomic E-state index is -3.81. The Morgan fingerprint density at radius 1 is 1.13 bits per heavy atom. The molecule has 3 aromatic rings. The molecule has 0 aliphatic rings. The molecule has 0 bridgehead atoms. The molecule has 7 nitrogen and oxygen atoms in total. The third kappa shape index (κ3) is 5.26. The first-order chi connectivity index (χ1) is 14.2. The van der Waals surface area contributed by atoms with Gasteiger partial charge in [-0.25, -0.2) is 13.4 Å². The Morgan fingerprint density at radius 3 is 2.50 bits per heavy atom. The van der Waals surface area contributed by atoms with E-state index in [0.29, 0.717) is 17.5 Å². The van der Waals surface area contributed by atoms with Crippen molar-refractivity contribution in [3.8, 4) is 0 Å². The number of sulfonamides is 1. The summed E-state index contributed by atoms with van der Waals surface area (Å²) in [5.74, 6) is 0.816. The molecule has 3 rings (SSSR count). The lowest BCUT2D eigenvalue weighted by molar-refractivity contribution is 0.116. The number of fused-ring (bicyclic) bond motifs is 1. The number of imidazole rings is 1. The summed E-state index contributed by atoms with van der Waals surface area (Å²) in [5, 5.41) is 10.7. The summed E-state index contributed by atoms with van der Waals surface area (Å²) in [6.07, 6.45) is -0.520. The van der Waals surface area contributed by atoms with E-state index in [1.807, 2.05) is 51.1 Å². The van der Waals surface area contributed by atoms with Crippen LogP contribution < -0.4 is 5.73 Å². The number of aromatic amines is 1. The summed E-state index contributed by atoms with van der Waals surface area (Å²) in [4.78, 5) is 7.56. The summed E-state index contributed by atoms with van der Waals surface area (Å²) in [6.45, 7) is 5.94. The first-order valence-electron chi connectivity index (χ1n) is 10.1. The first-order valence-corrected chi connectivity index (χ1v) is 11.5. The van der Waals surface area contributed by atoms with Crippen LogP contribution in [0.25, 0.3) is 11.0 Å². The van der Waals surface area contributed by atoms with E-state index in [-0.39, 0.29) is 23.9 Å². The standard InChI is InChI=1S/C22H30N4O3S/c1-15(2)13-26(14-22(27)19(23)11-17-7-5-4-6-8-17)30(28,29)18-9-10-20-21(12-18)25-16(3)24-20/h4-10,12,15,19,22,27H,11,13-14,23H2,1-3H3,(H,24,25)/t19-,22+/m0/s1. The second-order valence-corrected chi connectivity index (χ2v) is 10.1. The second kappa shape index (κ2) is 9.26. The van der Waals surface area contributed by atoms with Crippen LogP contribution in [0, 0.1) is 12.8 Å². The topological polar surface area (TPSA) is 112 Å². The van der Waals surface area contributed by atoms with Gasteiger partial charge in [0.1, 0.15) is 5.82 Å². The van der Waals surface area contributed by atoms with E-state index in [4.69, 9.17) is 5.73 Å². The molecule has 0 fully saturated rings.